The summed E-state index contributed by atoms with van der Waals surface area (Å²) < 4.78 is 11.6. The van der Waals surface area contributed by atoms with Crippen molar-refractivity contribution >= 4 is 29.5 Å². The van der Waals surface area contributed by atoms with Crippen LogP contribution in [0.25, 0.3) is 11.1 Å². The number of hydrogen-bond acceptors (Lipinski definition) is 6. The summed E-state index contributed by atoms with van der Waals surface area (Å²) in [5.74, 6) is -1.05. The highest BCUT2D eigenvalue weighted by molar-refractivity contribution is 7.13. The van der Waals surface area contributed by atoms with Crippen molar-refractivity contribution in [3.8, 4) is 11.1 Å². The molecule has 1 saturated heterocycles. The monoisotopic (exact) mass is 576 g/mol. The maximum Gasteiger partial charge on any atom is 0.410 e. The number of nitrogens with zero attached hydrogens (tertiary/aromatic N) is 2. The van der Waals surface area contributed by atoms with Crippen LogP contribution in [0.3, 0.4) is 0 Å². The van der Waals surface area contributed by atoms with Crippen LogP contribution in [-0.2, 0) is 16.0 Å². The van der Waals surface area contributed by atoms with Crippen LogP contribution in [0.1, 0.15) is 71.6 Å². The Morgan fingerprint density at radius 1 is 0.951 bits per heavy atom. The Kier molecular flexibility index (Phi) is 8.35. The van der Waals surface area contributed by atoms with Crippen molar-refractivity contribution in [3.05, 3.63) is 81.5 Å². The van der Waals surface area contributed by atoms with Crippen molar-refractivity contribution < 1.29 is 29.0 Å². The molecule has 41 heavy (non-hydrogen) atoms. The number of benzene rings is 2. The van der Waals surface area contributed by atoms with E-state index < -0.39 is 17.7 Å². The van der Waals surface area contributed by atoms with Gasteiger partial charge in [0.15, 0.2) is 0 Å². The molecular formula is C32H36N2O6S. The fraction of sp³-hybridized carbons (Fsp3) is 0.406. The van der Waals surface area contributed by atoms with E-state index in [4.69, 9.17) is 9.47 Å². The second-order valence-corrected chi connectivity index (χ2v) is 12.7. The van der Waals surface area contributed by atoms with Crippen molar-refractivity contribution in [2.24, 2.45) is 0 Å². The maximum atomic E-state index is 13.8. The molecule has 2 amide bonds. The molecule has 8 nitrogen and oxygen atoms in total. The van der Waals surface area contributed by atoms with Gasteiger partial charge >= 0.3 is 18.2 Å². The van der Waals surface area contributed by atoms with Gasteiger partial charge in [0.25, 0.3) is 0 Å². The molecule has 1 aliphatic carbocycles. The number of fused-ring (bicyclic) bond motifs is 3. The molecule has 1 unspecified atom stereocenters. The van der Waals surface area contributed by atoms with Gasteiger partial charge in [-0.25, -0.2) is 14.4 Å². The number of thiophene rings is 1. The maximum absolute atomic E-state index is 13.8. The molecule has 2 aliphatic rings. The van der Waals surface area contributed by atoms with Gasteiger partial charge in [0, 0.05) is 29.9 Å². The van der Waals surface area contributed by atoms with Crippen LogP contribution >= 0.6 is 11.3 Å². The van der Waals surface area contributed by atoms with Crippen molar-refractivity contribution in [2.75, 3.05) is 19.7 Å². The molecule has 3 aromatic rings. The van der Waals surface area contributed by atoms with Gasteiger partial charge in [-0.05, 0) is 74.4 Å². The number of carbonyl (C=O) groups is 3. The van der Waals surface area contributed by atoms with E-state index in [-0.39, 0.29) is 36.1 Å². The lowest BCUT2D eigenvalue weighted by Gasteiger charge is -2.31. The van der Waals surface area contributed by atoms with Crippen molar-refractivity contribution in [3.63, 3.8) is 0 Å². The van der Waals surface area contributed by atoms with Crippen LogP contribution in [0.15, 0.2) is 60.7 Å². The van der Waals surface area contributed by atoms with Crippen molar-refractivity contribution in [2.45, 2.75) is 64.1 Å². The fourth-order valence-corrected chi connectivity index (χ4v) is 6.51. The fourth-order valence-electron chi connectivity index (χ4n) is 5.66. The predicted molar refractivity (Wildman–Crippen MR) is 157 cm³/mol. The minimum atomic E-state index is -0.989. The third-order valence-corrected chi connectivity index (χ3v) is 8.62. The minimum Gasteiger partial charge on any atom is -0.477 e. The van der Waals surface area contributed by atoms with Crippen molar-refractivity contribution in [1.82, 2.24) is 9.80 Å². The third kappa shape index (κ3) is 6.56. The normalized spacial score (nSPS) is 16.9. The van der Waals surface area contributed by atoms with Gasteiger partial charge < -0.3 is 24.4 Å². The number of carboxylic acid groups (broad SMARTS) is 1. The number of hydrogen-bond donors (Lipinski definition) is 1. The second kappa shape index (κ2) is 11.9. The van der Waals surface area contributed by atoms with E-state index in [9.17, 15) is 19.5 Å². The van der Waals surface area contributed by atoms with E-state index in [0.29, 0.717) is 32.4 Å². The summed E-state index contributed by atoms with van der Waals surface area (Å²) in [6.45, 7) is 6.98. The molecule has 1 atom stereocenters. The van der Waals surface area contributed by atoms with E-state index in [1.54, 1.807) is 21.9 Å². The topological polar surface area (TPSA) is 96.4 Å². The van der Waals surface area contributed by atoms with Crippen LogP contribution in [0.2, 0.25) is 0 Å². The molecule has 2 aromatic carbocycles. The van der Waals surface area contributed by atoms with Crippen LogP contribution in [0, 0.1) is 0 Å². The van der Waals surface area contributed by atoms with Gasteiger partial charge in [-0.1, -0.05) is 48.5 Å². The Morgan fingerprint density at radius 3 is 2.22 bits per heavy atom. The molecule has 0 saturated carbocycles. The lowest BCUT2D eigenvalue weighted by molar-refractivity contribution is 0.0252. The number of carboxylic acids is 1. The van der Waals surface area contributed by atoms with Gasteiger partial charge in [0.2, 0.25) is 0 Å². The number of ether oxygens (including phenoxy) is 2. The predicted octanol–water partition coefficient (Wildman–Crippen LogP) is 6.99. The Bertz CT molecular complexity index is 1380. The first-order valence-electron chi connectivity index (χ1n) is 14.0. The summed E-state index contributed by atoms with van der Waals surface area (Å²) in [7, 11) is 0. The first kappa shape index (κ1) is 28.7. The Morgan fingerprint density at radius 2 is 1.61 bits per heavy atom. The first-order valence-corrected chi connectivity index (χ1v) is 14.8. The molecule has 0 bridgehead atoms. The highest BCUT2D eigenvalue weighted by atomic mass is 32.1. The molecule has 1 aliphatic heterocycles. The summed E-state index contributed by atoms with van der Waals surface area (Å²) in [6.07, 6.45) is 1.19. The molecule has 2 heterocycles. The zero-order valence-corrected chi connectivity index (χ0v) is 24.5. The van der Waals surface area contributed by atoms with Crippen LogP contribution in [0.5, 0.6) is 0 Å². The van der Waals surface area contributed by atoms with Gasteiger partial charge in [-0.3, -0.25) is 0 Å². The van der Waals surface area contributed by atoms with Crippen LogP contribution in [0.4, 0.5) is 9.59 Å². The van der Waals surface area contributed by atoms with E-state index in [0.717, 1.165) is 38.5 Å². The lowest BCUT2D eigenvalue weighted by Crippen LogP contribution is -2.42. The van der Waals surface area contributed by atoms with Gasteiger partial charge in [-0.2, -0.15) is 0 Å². The Balaban J connectivity index is 1.33. The quantitative estimate of drug-likeness (QED) is 0.340. The van der Waals surface area contributed by atoms with Crippen molar-refractivity contribution in [1.29, 1.82) is 0 Å². The number of aromatic carboxylic acids is 1. The number of rotatable bonds is 6. The molecule has 1 aromatic heterocycles. The van der Waals surface area contributed by atoms with Crippen LogP contribution < -0.4 is 0 Å². The number of carbonyl (C=O) groups excluding carboxylic acids is 2. The second-order valence-electron chi connectivity index (χ2n) is 11.6. The average Bonchev–Trinajstić information content (AvgIpc) is 3.44. The summed E-state index contributed by atoms with van der Waals surface area (Å²) in [4.78, 5) is 42.4. The Labute approximate surface area is 244 Å². The molecule has 0 spiro atoms. The number of likely N-dealkylation sites (tertiary alicyclic amines) is 1. The zero-order valence-electron chi connectivity index (χ0n) is 23.7. The van der Waals surface area contributed by atoms with E-state index in [1.807, 2.05) is 45.0 Å². The minimum absolute atomic E-state index is 0.0645. The van der Waals surface area contributed by atoms with Crippen LogP contribution in [-0.4, -0.2) is 64.4 Å². The van der Waals surface area contributed by atoms with E-state index in [2.05, 4.69) is 24.3 Å². The van der Waals surface area contributed by atoms with Gasteiger partial charge in [-0.15, -0.1) is 11.3 Å². The molecule has 9 heteroatoms. The molecular weight excluding hydrogens is 540 g/mol. The average molecular weight is 577 g/mol. The molecule has 1 fully saturated rings. The summed E-state index contributed by atoms with van der Waals surface area (Å²) in [5.41, 5.74) is 4.01. The SMILES string of the molecule is CC(C)(C)OC(=O)N1CCCC(N(Cc2ccc(C(=O)O)s2)C(=O)OCC2c3ccccc3-c3ccccc32)CC1. The summed E-state index contributed by atoms with van der Waals surface area (Å²) in [5, 5.41) is 9.41. The molecule has 0 radical (unpaired) electrons. The molecule has 216 valence electrons. The van der Waals surface area contributed by atoms with Gasteiger partial charge in [0.1, 0.15) is 17.1 Å². The first-order chi connectivity index (χ1) is 19.6. The van der Waals surface area contributed by atoms with E-state index >= 15 is 0 Å². The summed E-state index contributed by atoms with van der Waals surface area (Å²) in [6, 6.07) is 19.6. The highest BCUT2D eigenvalue weighted by Gasteiger charge is 2.33. The molecule has 1 N–H and O–H groups in total. The van der Waals surface area contributed by atoms with E-state index in [1.165, 1.54) is 0 Å². The Hall–Kier alpha value is -3.85. The largest absolute Gasteiger partial charge is 0.477 e. The third-order valence-electron chi connectivity index (χ3n) is 7.56. The standard InChI is InChI=1S/C32H36N2O6S/c1-32(2,3)40-30(37)33-17-8-9-21(16-18-33)34(19-22-14-15-28(41-22)29(35)36)31(38)39-20-27-25-12-6-4-10-23(25)24-11-5-7-13-26(24)27/h4-7,10-15,21,27H,8-9,16-20H2,1-3H3,(H,35,36). The zero-order chi connectivity index (χ0) is 29.1. The summed E-state index contributed by atoms with van der Waals surface area (Å²) >= 11 is 1.16. The van der Waals surface area contributed by atoms with Gasteiger partial charge in [0.05, 0.1) is 6.54 Å². The smallest absolute Gasteiger partial charge is 0.410 e. The lowest BCUT2D eigenvalue weighted by atomic mass is 9.98. The molecule has 5 rings (SSSR count). The number of amides is 2. The highest BCUT2D eigenvalue weighted by Crippen LogP contribution is 2.44.